The number of benzene rings is 2. The van der Waals surface area contributed by atoms with Crippen LogP contribution in [0.5, 0.6) is 5.75 Å². The van der Waals surface area contributed by atoms with E-state index in [0.717, 1.165) is 6.07 Å². The zero-order valence-corrected chi connectivity index (χ0v) is 17.2. The largest absolute Gasteiger partial charge is 0.497 e. The number of rotatable bonds is 5. The maximum Gasteiger partial charge on any atom is 0.416 e. The van der Waals surface area contributed by atoms with E-state index in [-0.39, 0.29) is 12.0 Å². The van der Waals surface area contributed by atoms with Crippen molar-refractivity contribution in [3.05, 3.63) is 65.2 Å². The summed E-state index contributed by atoms with van der Waals surface area (Å²) in [6.45, 7) is 1.49. The molecule has 2 fully saturated rings. The lowest BCUT2D eigenvalue weighted by Crippen LogP contribution is -2.48. The fraction of sp³-hybridized carbons (Fsp3) is 0.318. The van der Waals surface area contributed by atoms with E-state index in [2.05, 4.69) is 10.7 Å². The van der Waals surface area contributed by atoms with Crippen LogP contribution in [0, 0.1) is 5.92 Å². The topological polar surface area (TPSA) is 87.7 Å². The monoisotopic (exact) mass is 447 g/mol. The third kappa shape index (κ3) is 3.65. The van der Waals surface area contributed by atoms with Gasteiger partial charge in [-0.05, 0) is 48.6 Å². The number of imide groups is 1. The number of nitrogens with zero attached hydrogens (tertiary/aromatic N) is 1. The van der Waals surface area contributed by atoms with Crippen LogP contribution >= 0.6 is 0 Å². The van der Waals surface area contributed by atoms with Gasteiger partial charge in [-0.15, -0.1) is 0 Å². The van der Waals surface area contributed by atoms with E-state index >= 15 is 0 Å². The van der Waals surface area contributed by atoms with E-state index in [4.69, 9.17) is 4.74 Å². The Morgan fingerprint density at radius 1 is 1.19 bits per heavy atom. The fourth-order valence-electron chi connectivity index (χ4n) is 3.97. The summed E-state index contributed by atoms with van der Waals surface area (Å²) in [5, 5.41) is 3.13. The van der Waals surface area contributed by atoms with Gasteiger partial charge in [0.1, 0.15) is 11.3 Å². The molecule has 1 aliphatic carbocycles. The molecule has 168 valence electrons. The molecular weight excluding hydrogens is 427 g/mol. The van der Waals surface area contributed by atoms with Crippen molar-refractivity contribution in [2.24, 2.45) is 5.92 Å². The van der Waals surface area contributed by atoms with Gasteiger partial charge in [0.2, 0.25) is 5.91 Å². The SMILES string of the molecule is COc1cccc([C@]2(C)NC(=O)N(NC(=O)[C@H]3C[C@H]3c3ccccc3C(F)(F)F)C2=O)c1. The fourth-order valence-corrected chi connectivity index (χ4v) is 3.97. The molecule has 1 aliphatic heterocycles. The number of carbonyl (C=O) groups excluding carboxylic acids is 3. The first kappa shape index (κ1) is 21.7. The summed E-state index contributed by atoms with van der Waals surface area (Å²) in [5.41, 5.74) is 0.522. The Hall–Kier alpha value is -3.56. The molecule has 4 rings (SSSR count). The summed E-state index contributed by atoms with van der Waals surface area (Å²) in [5.74, 6) is -2.33. The maximum atomic E-state index is 13.3. The number of nitrogens with one attached hydrogen (secondary N) is 2. The first-order chi connectivity index (χ1) is 15.1. The summed E-state index contributed by atoms with van der Waals surface area (Å²) in [6, 6.07) is 10.8. The molecule has 7 nitrogen and oxygen atoms in total. The highest BCUT2D eigenvalue weighted by Crippen LogP contribution is 2.51. The van der Waals surface area contributed by atoms with Crippen molar-refractivity contribution in [3.8, 4) is 5.75 Å². The zero-order chi connectivity index (χ0) is 23.3. The van der Waals surface area contributed by atoms with Crippen molar-refractivity contribution in [2.75, 3.05) is 7.11 Å². The molecule has 2 aromatic rings. The Morgan fingerprint density at radius 2 is 1.91 bits per heavy atom. The molecule has 0 aromatic heterocycles. The number of halogens is 3. The second-order valence-electron chi connectivity index (χ2n) is 7.94. The van der Waals surface area contributed by atoms with E-state index in [0.29, 0.717) is 16.3 Å². The van der Waals surface area contributed by atoms with Crippen molar-refractivity contribution < 1.29 is 32.3 Å². The van der Waals surface area contributed by atoms with Crippen LogP contribution in [0.4, 0.5) is 18.0 Å². The summed E-state index contributed by atoms with van der Waals surface area (Å²) in [4.78, 5) is 38.1. The van der Waals surface area contributed by atoms with Gasteiger partial charge in [0.05, 0.1) is 12.7 Å². The Bertz CT molecular complexity index is 1100. The standard InChI is InChI=1S/C22H20F3N3O4/c1-21(12-6-5-7-13(10-12)32-2)19(30)28(20(31)26-21)27-18(29)16-11-15(16)14-8-3-4-9-17(14)22(23,24)25/h3-10,15-16H,11H2,1-2H3,(H,26,31)(H,27,29)/t15-,16-,21-/m0/s1. The van der Waals surface area contributed by atoms with Gasteiger partial charge >= 0.3 is 12.2 Å². The highest BCUT2D eigenvalue weighted by Gasteiger charge is 2.53. The summed E-state index contributed by atoms with van der Waals surface area (Å²) in [7, 11) is 1.46. The summed E-state index contributed by atoms with van der Waals surface area (Å²) in [6.07, 6.45) is -4.35. The number of urea groups is 1. The second-order valence-corrected chi connectivity index (χ2v) is 7.94. The number of methoxy groups -OCH3 is 1. The van der Waals surface area contributed by atoms with Gasteiger partial charge in [0, 0.05) is 5.92 Å². The third-order valence-corrected chi connectivity index (χ3v) is 5.85. The van der Waals surface area contributed by atoms with Gasteiger partial charge in [-0.2, -0.15) is 18.2 Å². The van der Waals surface area contributed by atoms with E-state index in [9.17, 15) is 27.6 Å². The zero-order valence-electron chi connectivity index (χ0n) is 17.2. The highest BCUT2D eigenvalue weighted by molar-refractivity contribution is 6.08. The lowest BCUT2D eigenvalue weighted by molar-refractivity contribution is -0.139. The van der Waals surface area contributed by atoms with Gasteiger partial charge in [-0.3, -0.25) is 15.0 Å². The summed E-state index contributed by atoms with van der Waals surface area (Å²) >= 11 is 0. The molecule has 1 saturated carbocycles. The van der Waals surface area contributed by atoms with E-state index in [1.165, 1.54) is 32.2 Å². The predicted molar refractivity (Wildman–Crippen MR) is 106 cm³/mol. The number of carbonyl (C=O) groups is 3. The molecular formula is C22H20F3N3O4. The summed E-state index contributed by atoms with van der Waals surface area (Å²) < 4.78 is 45.0. The molecule has 3 atom stereocenters. The average molecular weight is 447 g/mol. The number of hydrogen-bond donors (Lipinski definition) is 2. The molecule has 1 saturated heterocycles. The number of hydrazine groups is 1. The molecule has 32 heavy (non-hydrogen) atoms. The van der Waals surface area contributed by atoms with Crippen LogP contribution in [0.1, 0.15) is 36.0 Å². The lowest BCUT2D eigenvalue weighted by Gasteiger charge is -2.22. The molecule has 10 heteroatoms. The smallest absolute Gasteiger partial charge is 0.416 e. The van der Waals surface area contributed by atoms with Crippen LogP contribution < -0.4 is 15.5 Å². The van der Waals surface area contributed by atoms with Crippen molar-refractivity contribution in [2.45, 2.75) is 31.0 Å². The van der Waals surface area contributed by atoms with Crippen LogP contribution in [0.2, 0.25) is 0 Å². The number of ether oxygens (including phenoxy) is 1. The molecule has 0 bridgehead atoms. The van der Waals surface area contributed by atoms with Crippen LogP contribution in [-0.2, 0) is 21.3 Å². The normalized spacial score (nSPS) is 24.8. The molecule has 2 aromatic carbocycles. The van der Waals surface area contributed by atoms with Gasteiger partial charge in [0.25, 0.3) is 5.91 Å². The third-order valence-electron chi connectivity index (χ3n) is 5.85. The van der Waals surface area contributed by atoms with Gasteiger partial charge in [-0.1, -0.05) is 30.3 Å². The Balaban J connectivity index is 1.49. The minimum absolute atomic E-state index is 0.0265. The average Bonchev–Trinajstić information content (AvgIpc) is 3.53. The van der Waals surface area contributed by atoms with Crippen LogP contribution in [-0.4, -0.2) is 30.0 Å². The van der Waals surface area contributed by atoms with Crippen molar-refractivity contribution >= 4 is 17.8 Å². The van der Waals surface area contributed by atoms with Gasteiger partial charge in [-0.25, -0.2) is 4.79 Å². The Morgan fingerprint density at radius 3 is 2.59 bits per heavy atom. The minimum Gasteiger partial charge on any atom is -0.497 e. The molecule has 0 radical (unpaired) electrons. The minimum atomic E-state index is -4.54. The first-order valence-corrected chi connectivity index (χ1v) is 9.84. The van der Waals surface area contributed by atoms with Crippen LogP contribution in [0.15, 0.2) is 48.5 Å². The maximum absolute atomic E-state index is 13.3. The first-order valence-electron chi connectivity index (χ1n) is 9.84. The predicted octanol–water partition coefficient (Wildman–Crippen LogP) is 3.32. The van der Waals surface area contributed by atoms with Crippen molar-refractivity contribution in [3.63, 3.8) is 0 Å². The van der Waals surface area contributed by atoms with Crippen LogP contribution in [0.3, 0.4) is 0 Å². The Kier molecular flexibility index (Phi) is 5.10. The number of alkyl halides is 3. The number of amides is 4. The van der Waals surface area contributed by atoms with Gasteiger partial charge < -0.3 is 10.1 Å². The molecule has 0 unspecified atom stereocenters. The van der Waals surface area contributed by atoms with E-state index in [1.54, 1.807) is 24.3 Å². The van der Waals surface area contributed by atoms with E-state index < -0.39 is 47.0 Å². The second kappa shape index (κ2) is 7.54. The van der Waals surface area contributed by atoms with Crippen molar-refractivity contribution in [1.82, 2.24) is 15.8 Å². The lowest BCUT2D eigenvalue weighted by atomic mass is 9.92. The molecule has 4 amide bonds. The molecule has 2 N–H and O–H groups in total. The molecule has 0 spiro atoms. The molecule has 1 heterocycles. The van der Waals surface area contributed by atoms with Gasteiger partial charge in [0.15, 0.2) is 0 Å². The quantitative estimate of drug-likeness (QED) is 0.689. The highest BCUT2D eigenvalue weighted by atomic mass is 19.4. The van der Waals surface area contributed by atoms with Crippen molar-refractivity contribution in [1.29, 1.82) is 0 Å². The van der Waals surface area contributed by atoms with Crippen LogP contribution in [0.25, 0.3) is 0 Å². The number of hydrogen-bond acceptors (Lipinski definition) is 4. The van der Waals surface area contributed by atoms with E-state index in [1.807, 2.05) is 0 Å². The Labute approximate surface area is 181 Å². The molecule has 2 aliphatic rings.